The van der Waals surface area contributed by atoms with Gasteiger partial charge in [-0.1, -0.05) is 53.5 Å². The molecule has 5 rings (SSSR count). The number of hydrogen-bond acceptors (Lipinski definition) is 3. The van der Waals surface area contributed by atoms with E-state index in [1.165, 1.54) is 10.5 Å². The molecule has 11 heteroatoms. The van der Waals surface area contributed by atoms with Gasteiger partial charge in [-0.05, 0) is 35.4 Å². The van der Waals surface area contributed by atoms with E-state index in [1.54, 1.807) is 59.6 Å². The molecule has 0 spiro atoms. The standard InChI is InChI=1S/C25H15Cl2F3N4O2/c26-19-11-17(25(28,29)30)5-6-18(19)15-2-1-3-16(10-15)21-22(35)32-24-33(8-9-34(24)23(21)36)13-14-4-7-20(27)31-12-14/h1-12H,13H2,(H,35,36)/p+1. The normalized spacial score (nSPS) is 11.8. The van der Waals surface area contributed by atoms with Crippen LogP contribution in [0, 0.1) is 0 Å². The van der Waals surface area contributed by atoms with Gasteiger partial charge in [0.15, 0.2) is 0 Å². The zero-order chi connectivity index (χ0) is 25.6. The van der Waals surface area contributed by atoms with E-state index >= 15 is 0 Å². The third-order valence-electron chi connectivity index (χ3n) is 5.70. The van der Waals surface area contributed by atoms with Crippen LogP contribution in [0.3, 0.4) is 0 Å². The summed E-state index contributed by atoms with van der Waals surface area (Å²) < 4.78 is 42.2. The minimum absolute atomic E-state index is 0.00305. The van der Waals surface area contributed by atoms with Crippen LogP contribution in [-0.4, -0.2) is 19.5 Å². The number of aromatic hydroxyl groups is 1. The molecule has 0 atom stereocenters. The first-order valence-corrected chi connectivity index (χ1v) is 11.3. The Kier molecular flexibility index (Phi) is 5.97. The molecule has 0 saturated carbocycles. The van der Waals surface area contributed by atoms with Crippen LogP contribution in [-0.2, 0) is 12.7 Å². The van der Waals surface area contributed by atoms with Crippen molar-refractivity contribution in [3.8, 4) is 28.1 Å². The van der Waals surface area contributed by atoms with Crippen molar-refractivity contribution in [2.75, 3.05) is 0 Å². The van der Waals surface area contributed by atoms with Gasteiger partial charge in [0.25, 0.3) is 5.88 Å². The Morgan fingerprint density at radius 2 is 1.83 bits per heavy atom. The third kappa shape index (κ3) is 4.43. The first-order chi connectivity index (χ1) is 17.1. The van der Waals surface area contributed by atoms with E-state index in [4.69, 9.17) is 23.2 Å². The summed E-state index contributed by atoms with van der Waals surface area (Å²) in [7, 11) is 0. The van der Waals surface area contributed by atoms with E-state index in [2.05, 4.69) is 9.97 Å². The van der Waals surface area contributed by atoms with Crippen molar-refractivity contribution in [1.29, 1.82) is 0 Å². The highest BCUT2D eigenvalue weighted by atomic mass is 35.5. The number of nitrogens with one attached hydrogen (secondary N) is 1. The number of halogens is 5. The molecule has 0 aliphatic rings. The SMILES string of the molecule is O=c1[nH]c2n(cc[n+]2Cc2ccc(Cl)nc2)c(O)c1-c1cccc(-c2ccc(C(F)(F)F)cc2Cl)c1. The lowest BCUT2D eigenvalue weighted by atomic mass is 9.99. The Balaban J connectivity index is 1.55. The van der Waals surface area contributed by atoms with Gasteiger partial charge in [0, 0.05) is 22.3 Å². The lowest BCUT2D eigenvalue weighted by Gasteiger charge is -2.11. The van der Waals surface area contributed by atoms with Crippen molar-refractivity contribution < 1.29 is 22.8 Å². The summed E-state index contributed by atoms with van der Waals surface area (Å²) in [4.78, 5) is 19.9. The number of imidazole rings is 1. The number of rotatable bonds is 4. The molecular weight excluding hydrogens is 516 g/mol. The largest absolute Gasteiger partial charge is 0.482 e. The molecule has 0 saturated heterocycles. The first-order valence-electron chi connectivity index (χ1n) is 10.6. The number of benzene rings is 2. The van der Waals surface area contributed by atoms with E-state index in [9.17, 15) is 23.1 Å². The van der Waals surface area contributed by atoms with Gasteiger partial charge < -0.3 is 5.11 Å². The average molecular weight is 532 g/mol. The van der Waals surface area contributed by atoms with Crippen LogP contribution in [0.15, 0.2) is 78.0 Å². The number of alkyl halides is 3. The smallest absolute Gasteiger partial charge is 0.416 e. The molecule has 2 N–H and O–H groups in total. The van der Waals surface area contributed by atoms with Crippen molar-refractivity contribution in [3.63, 3.8) is 0 Å². The van der Waals surface area contributed by atoms with Crippen molar-refractivity contribution >= 4 is 29.0 Å². The van der Waals surface area contributed by atoms with Gasteiger partial charge in [0.1, 0.15) is 16.9 Å². The molecule has 0 bridgehead atoms. The monoisotopic (exact) mass is 531 g/mol. The molecule has 3 heterocycles. The fourth-order valence-electron chi connectivity index (χ4n) is 3.97. The van der Waals surface area contributed by atoms with Crippen LogP contribution in [0.2, 0.25) is 10.2 Å². The molecule has 0 radical (unpaired) electrons. The Labute approximate surface area is 211 Å². The van der Waals surface area contributed by atoms with Gasteiger partial charge in [0.05, 0.1) is 18.3 Å². The molecule has 2 aromatic carbocycles. The van der Waals surface area contributed by atoms with Crippen LogP contribution in [0.4, 0.5) is 13.2 Å². The van der Waals surface area contributed by atoms with Gasteiger partial charge in [-0.3, -0.25) is 4.79 Å². The zero-order valence-corrected chi connectivity index (χ0v) is 19.7. The maximum absolute atomic E-state index is 13.0. The molecule has 0 unspecified atom stereocenters. The number of fused-ring (bicyclic) bond motifs is 1. The third-order valence-corrected chi connectivity index (χ3v) is 6.24. The summed E-state index contributed by atoms with van der Waals surface area (Å²) in [6.07, 6.45) is 0.394. The molecule has 0 fully saturated rings. The van der Waals surface area contributed by atoms with Gasteiger partial charge in [-0.25, -0.2) is 14.5 Å². The summed E-state index contributed by atoms with van der Waals surface area (Å²) >= 11 is 12.0. The molecule has 36 heavy (non-hydrogen) atoms. The Hall–Kier alpha value is -3.82. The van der Waals surface area contributed by atoms with E-state index in [-0.39, 0.29) is 16.5 Å². The maximum atomic E-state index is 13.0. The highest BCUT2D eigenvalue weighted by Crippen LogP contribution is 2.37. The van der Waals surface area contributed by atoms with Crippen molar-refractivity contribution in [2.24, 2.45) is 0 Å². The van der Waals surface area contributed by atoms with Crippen LogP contribution >= 0.6 is 23.2 Å². The predicted molar refractivity (Wildman–Crippen MR) is 129 cm³/mol. The summed E-state index contributed by atoms with van der Waals surface area (Å²) in [5.74, 6) is 0.0514. The van der Waals surface area contributed by atoms with Crippen molar-refractivity contribution in [3.05, 3.63) is 105 Å². The quantitative estimate of drug-likeness (QED) is 0.230. The van der Waals surface area contributed by atoms with E-state index < -0.39 is 17.3 Å². The second-order valence-corrected chi connectivity index (χ2v) is 8.83. The second-order valence-electron chi connectivity index (χ2n) is 8.03. The Morgan fingerprint density at radius 1 is 1.06 bits per heavy atom. The number of hydrogen-bond donors (Lipinski definition) is 2. The van der Waals surface area contributed by atoms with Crippen molar-refractivity contribution in [2.45, 2.75) is 12.7 Å². The van der Waals surface area contributed by atoms with E-state index in [0.717, 1.165) is 17.7 Å². The molecule has 3 aromatic heterocycles. The molecule has 6 nitrogen and oxygen atoms in total. The zero-order valence-electron chi connectivity index (χ0n) is 18.2. The van der Waals surface area contributed by atoms with Crippen LogP contribution < -0.4 is 10.1 Å². The number of aromatic nitrogens is 4. The number of aromatic amines is 1. The Bertz CT molecular complexity index is 1660. The highest BCUT2D eigenvalue weighted by molar-refractivity contribution is 6.33. The van der Waals surface area contributed by atoms with Crippen molar-refractivity contribution in [1.82, 2.24) is 14.4 Å². The van der Waals surface area contributed by atoms with Gasteiger partial charge in [0.2, 0.25) is 0 Å². The fourth-order valence-corrected chi connectivity index (χ4v) is 4.37. The molecular formula is C25H16Cl2F3N4O2+. The number of H-pyrrole nitrogens is 1. The van der Waals surface area contributed by atoms with Crippen LogP contribution in [0.1, 0.15) is 11.1 Å². The molecule has 0 aliphatic carbocycles. The van der Waals surface area contributed by atoms with E-state index in [0.29, 0.717) is 34.2 Å². The Morgan fingerprint density at radius 3 is 2.53 bits per heavy atom. The van der Waals surface area contributed by atoms with Gasteiger partial charge in [-0.15, -0.1) is 0 Å². The first kappa shape index (κ1) is 23.9. The maximum Gasteiger partial charge on any atom is 0.416 e. The lowest BCUT2D eigenvalue weighted by Crippen LogP contribution is -2.35. The molecule has 0 amide bonds. The fraction of sp³-hybridized carbons (Fsp3) is 0.0800. The minimum atomic E-state index is -4.52. The molecule has 0 aliphatic heterocycles. The van der Waals surface area contributed by atoms with E-state index in [1.807, 2.05) is 0 Å². The van der Waals surface area contributed by atoms with Crippen LogP contribution in [0.5, 0.6) is 5.88 Å². The topological polar surface area (TPSA) is 74.3 Å². The average Bonchev–Trinajstić information content (AvgIpc) is 3.22. The highest BCUT2D eigenvalue weighted by Gasteiger charge is 2.31. The minimum Gasteiger partial charge on any atom is -0.482 e. The summed E-state index contributed by atoms with van der Waals surface area (Å²) in [6, 6.07) is 13.0. The summed E-state index contributed by atoms with van der Waals surface area (Å²) in [6.45, 7) is 0.372. The predicted octanol–water partition coefficient (Wildman–Crippen LogP) is 5.72. The van der Waals surface area contributed by atoms with Gasteiger partial charge in [-0.2, -0.15) is 17.6 Å². The summed E-state index contributed by atoms with van der Waals surface area (Å²) in [5, 5.41) is 11.3. The second kappa shape index (κ2) is 9.00. The molecule has 5 aromatic rings. The van der Waals surface area contributed by atoms with Crippen LogP contribution in [0.25, 0.3) is 28.0 Å². The molecule has 182 valence electrons. The number of nitrogens with zero attached hydrogens (tertiary/aromatic N) is 3. The summed E-state index contributed by atoms with van der Waals surface area (Å²) in [5.41, 5.74) is 0.652. The van der Waals surface area contributed by atoms with Gasteiger partial charge >= 0.3 is 17.5 Å². The number of pyridine rings is 1. The lowest BCUT2D eigenvalue weighted by molar-refractivity contribution is -0.663.